The molecule has 2 bridgehead atoms. The van der Waals surface area contributed by atoms with Crippen molar-refractivity contribution in [1.29, 1.82) is 0 Å². The molecule has 3 rings (SSSR count). The molecule has 0 saturated carbocycles. The van der Waals surface area contributed by atoms with Crippen molar-refractivity contribution in [2.75, 3.05) is 6.54 Å². The molecule has 2 aliphatic heterocycles. The summed E-state index contributed by atoms with van der Waals surface area (Å²) in [4.78, 5) is 14.3. The number of halogens is 1. The summed E-state index contributed by atoms with van der Waals surface area (Å²) in [5.41, 5.74) is 0.597. The van der Waals surface area contributed by atoms with E-state index >= 15 is 0 Å². The Morgan fingerprint density at radius 1 is 1.26 bits per heavy atom. The van der Waals surface area contributed by atoms with Crippen molar-refractivity contribution in [2.45, 2.75) is 70.0 Å². The molecule has 2 unspecified atom stereocenters. The fourth-order valence-corrected chi connectivity index (χ4v) is 4.67. The Morgan fingerprint density at radius 3 is 2.61 bits per heavy atom. The molecule has 1 amide bonds. The van der Waals surface area contributed by atoms with Crippen LogP contribution in [0.25, 0.3) is 0 Å². The predicted molar refractivity (Wildman–Crippen MR) is 94.1 cm³/mol. The molecule has 0 radical (unpaired) electrons. The Balaban J connectivity index is 1.63. The van der Waals surface area contributed by atoms with Gasteiger partial charge >= 0.3 is 0 Å². The third-order valence-corrected chi connectivity index (χ3v) is 5.89. The Morgan fingerprint density at radius 2 is 1.96 bits per heavy atom. The molecule has 0 aromatic heterocycles. The second-order valence-electron chi connectivity index (χ2n) is 7.12. The third-order valence-electron chi connectivity index (χ3n) is 5.56. The van der Waals surface area contributed by atoms with E-state index in [9.17, 15) is 4.79 Å². The van der Waals surface area contributed by atoms with Crippen LogP contribution in [0.15, 0.2) is 24.3 Å². The highest BCUT2D eigenvalue weighted by atomic mass is 35.5. The summed E-state index contributed by atoms with van der Waals surface area (Å²) in [5, 5.41) is 3.78. The molecule has 2 N–H and O–H groups in total. The number of fused-ring (bicyclic) bond motifs is 2. The van der Waals surface area contributed by atoms with Crippen LogP contribution >= 0.6 is 11.6 Å². The lowest BCUT2D eigenvalue weighted by molar-refractivity contribution is -0.961. The fraction of sp³-hybridized carbons (Fsp3) is 0.632. The third kappa shape index (κ3) is 3.89. The molecule has 1 aromatic rings. The van der Waals surface area contributed by atoms with Crippen molar-refractivity contribution in [1.82, 2.24) is 5.32 Å². The van der Waals surface area contributed by atoms with E-state index in [2.05, 4.69) is 12.2 Å². The van der Waals surface area contributed by atoms with Gasteiger partial charge in [0.25, 0.3) is 5.91 Å². The van der Waals surface area contributed by atoms with E-state index in [1.807, 2.05) is 12.1 Å². The monoisotopic (exact) mass is 335 g/mol. The lowest BCUT2D eigenvalue weighted by Crippen LogP contribution is -3.21. The smallest absolute Gasteiger partial charge is 0.253 e. The van der Waals surface area contributed by atoms with Crippen LogP contribution in [0.3, 0.4) is 0 Å². The summed E-state index contributed by atoms with van der Waals surface area (Å²) in [7, 11) is 0. The van der Waals surface area contributed by atoms with Gasteiger partial charge in [0.15, 0.2) is 0 Å². The maximum Gasteiger partial charge on any atom is 0.253 e. The molecular weight excluding hydrogens is 308 g/mol. The Bertz CT molecular complexity index is 534. The Hall–Kier alpha value is -1.06. The van der Waals surface area contributed by atoms with Gasteiger partial charge in [-0.2, -0.15) is 0 Å². The number of hydrogen-bond donors (Lipinski definition) is 2. The van der Waals surface area contributed by atoms with Crippen LogP contribution in [0.2, 0.25) is 5.02 Å². The minimum Gasteiger partial charge on any atom is -0.349 e. The van der Waals surface area contributed by atoms with Gasteiger partial charge in [0.05, 0.1) is 29.2 Å². The molecule has 2 aliphatic rings. The number of unbranched alkanes of at least 4 members (excludes halogenated alkanes) is 1. The van der Waals surface area contributed by atoms with E-state index in [-0.39, 0.29) is 5.91 Å². The van der Waals surface area contributed by atoms with E-state index in [0.29, 0.717) is 16.6 Å². The normalized spacial score (nSPS) is 30.0. The lowest BCUT2D eigenvalue weighted by Gasteiger charge is -2.46. The topological polar surface area (TPSA) is 33.5 Å². The second-order valence-corrected chi connectivity index (χ2v) is 7.53. The van der Waals surface area contributed by atoms with Gasteiger partial charge in [-0.3, -0.25) is 4.79 Å². The first kappa shape index (κ1) is 16.8. The first-order chi connectivity index (χ1) is 11.2. The maximum atomic E-state index is 12.5. The SMILES string of the molecule is CCCC[NH+]1[C@@H]2CCC[C@H]1CC(NC(=O)c1ccccc1Cl)C2. The molecule has 3 nitrogen and oxygen atoms in total. The number of benzene rings is 1. The molecular formula is C19H28ClN2O+. The van der Waals surface area contributed by atoms with Gasteiger partial charge in [-0.1, -0.05) is 37.1 Å². The van der Waals surface area contributed by atoms with Crippen molar-refractivity contribution in [3.05, 3.63) is 34.9 Å². The number of carbonyl (C=O) groups is 1. The quantitative estimate of drug-likeness (QED) is 0.852. The zero-order chi connectivity index (χ0) is 16.2. The van der Waals surface area contributed by atoms with Crippen LogP contribution in [0.4, 0.5) is 0 Å². The van der Waals surface area contributed by atoms with Crippen molar-refractivity contribution >= 4 is 17.5 Å². The summed E-state index contributed by atoms with van der Waals surface area (Å²) < 4.78 is 0. The summed E-state index contributed by atoms with van der Waals surface area (Å²) in [6.07, 6.45) is 8.81. The minimum absolute atomic E-state index is 0.0179. The van der Waals surface area contributed by atoms with Crippen LogP contribution in [0.1, 0.15) is 62.2 Å². The number of carbonyl (C=O) groups excluding carboxylic acids is 1. The number of rotatable bonds is 5. The maximum absolute atomic E-state index is 12.5. The van der Waals surface area contributed by atoms with Crippen LogP contribution in [-0.2, 0) is 0 Å². The van der Waals surface area contributed by atoms with Crippen molar-refractivity contribution < 1.29 is 9.69 Å². The van der Waals surface area contributed by atoms with Crippen molar-refractivity contribution in [3.63, 3.8) is 0 Å². The number of hydrogen-bond acceptors (Lipinski definition) is 1. The zero-order valence-electron chi connectivity index (χ0n) is 14.0. The molecule has 23 heavy (non-hydrogen) atoms. The minimum atomic E-state index is -0.0179. The van der Waals surface area contributed by atoms with Crippen molar-refractivity contribution in [2.24, 2.45) is 0 Å². The van der Waals surface area contributed by atoms with E-state index in [1.54, 1.807) is 17.0 Å². The largest absolute Gasteiger partial charge is 0.349 e. The van der Waals surface area contributed by atoms with Crippen molar-refractivity contribution in [3.8, 4) is 0 Å². The van der Waals surface area contributed by atoms with Gasteiger partial charge in [-0.25, -0.2) is 0 Å². The van der Waals surface area contributed by atoms with E-state index in [4.69, 9.17) is 11.6 Å². The number of nitrogens with one attached hydrogen (secondary N) is 2. The lowest BCUT2D eigenvalue weighted by atomic mass is 9.81. The van der Waals surface area contributed by atoms with Gasteiger partial charge in [0, 0.05) is 18.9 Å². The summed E-state index contributed by atoms with van der Waals surface area (Å²) in [6.45, 7) is 3.57. The molecule has 1 aromatic carbocycles. The van der Waals surface area contributed by atoms with Gasteiger partial charge in [0.2, 0.25) is 0 Å². The molecule has 2 fully saturated rings. The highest BCUT2D eigenvalue weighted by Gasteiger charge is 2.41. The fourth-order valence-electron chi connectivity index (χ4n) is 4.45. The number of amides is 1. The highest BCUT2D eigenvalue weighted by Crippen LogP contribution is 2.23. The van der Waals surface area contributed by atoms with E-state index < -0.39 is 0 Å². The Kier molecular flexibility index (Phi) is 5.60. The van der Waals surface area contributed by atoms with Crippen LogP contribution < -0.4 is 10.2 Å². The first-order valence-electron chi connectivity index (χ1n) is 9.10. The molecule has 4 atom stereocenters. The van der Waals surface area contributed by atoms with Crippen LogP contribution in [0, 0.1) is 0 Å². The standard InChI is InChI=1S/C19H27ClN2O/c1-2-3-11-22-15-7-6-8-16(22)13-14(12-15)21-19(23)17-9-4-5-10-18(17)20/h4-5,9-10,14-16H,2-3,6-8,11-13H2,1H3,(H,21,23)/p+1/t14?,15-,16+. The second kappa shape index (κ2) is 7.67. The molecule has 0 spiro atoms. The zero-order valence-corrected chi connectivity index (χ0v) is 14.7. The van der Waals surface area contributed by atoms with Gasteiger partial charge < -0.3 is 10.2 Å². The number of piperidine rings is 2. The molecule has 2 heterocycles. The molecule has 126 valence electrons. The molecule has 2 saturated heterocycles. The van der Waals surface area contributed by atoms with Crippen LogP contribution in [-0.4, -0.2) is 30.6 Å². The Labute approximate surface area is 144 Å². The molecule has 4 heteroatoms. The summed E-state index contributed by atoms with van der Waals surface area (Å²) in [5.74, 6) is -0.0179. The predicted octanol–water partition coefficient (Wildman–Crippen LogP) is 2.84. The number of quaternary nitrogens is 1. The van der Waals surface area contributed by atoms with Gasteiger partial charge in [-0.15, -0.1) is 0 Å². The van der Waals surface area contributed by atoms with E-state index in [0.717, 1.165) is 24.9 Å². The average molecular weight is 336 g/mol. The summed E-state index contributed by atoms with van der Waals surface area (Å²) >= 11 is 6.15. The van der Waals surface area contributed by atoms with Gasteiger partial charge in [0.1, 0.15) is 0 Å². The molecule has 0 aliphatic carbocycles. The first-order valence-corrected chi connectivity index (χ1v) is 9.47. The van der Waals surface area contributed by atoms with Crippen LogP contribution in [0.5, 0.6) is 0 Å². The average Bonchev–Trinajstić information content (AvgIpc) is 2.53. The van der Waals surface area contributed by atoms with E-state index in [1.165, 1.54) is 38.6 Å². The highest BCUT2D eigenvalue weighted by molar-refractivity contribution is 6.33. The van der Waals surface area contributed by atoms with Gasteiger partial charge in [-0.05, 0) is 37.8 Å². The summed E-state index contributed by atoms with van der Waals surface area (Å²) in [6, 6.07) is 9.07.